The van der Waals surface area contributed by atoms with Gasteiger partial charge in [0.15, 0.2) is 0 Å². The zero-order valence-corrected chi connectivity index (χ0v) is 23.2. The Bertz CT molecular complexity index is 1470. The molecule has 9 nitrogen and oxygen atoms in total. The number of aromatic hydroxyl groups is 1. The molecule has 212 valence electrons. The van der Waals surface area contributed by atoms with Crippen LogP contribution >= 0.6 is 11.6 Å². The number of phenolic OH excluding ortho intramolecular Hbond substituents is 1. The van der Waals surface area contributed by atoms with Crippen molar-refractivity contribution in [1.29, 1.82) is 0 Å². The Kier molecular flexibility index (Phi) is 9.14. The summed E-state index contributed by atoms with van der Waals surface area (Å²) in [4.78, 5) is 50.4. The molecular weight excluding hydrogens is 536 g/mol. The van der Waals surface area contributed by atoms with Crippen molar-refractivity contribution >= 4 is 40.4 Å². The highest BCUT2D eigenvalue weighted by Gasteiger charge is 2.28. The normalized spacial score (nSPS) is 17.8. The van der Waals surface area contributed by atoms with E-state index in [4.69, 9.17) is 16.0 Å². The van der Waals surface area contributed by atoms with E-state index < -0.39 is 23.5 Å². The third kappa shape index (κ3) is 6.83. The average molecular weight is 569 g/mol. The zero-order valence-electron chi connectivity index (χ0n) is 22.5. The number of phenols is 1. The molecule has 4 N–H and O–H groups in total. The van der Waals surface area contributed by atoms with E-state index in [1.807, 2.05) is 0 Å². The van der Waals surface area contributed by atoms with Crippen LogP contribution in [0.1, 0.15) is 47.9 Å². The van der Waals surface area contributed by atoms with E-state index in [0.29, 0.717) is 53.8 Å². The second-order valence-corrected chi connectivity index (χ2v) is 10.9. The van der Waals surface area contributed by atoms with Gasteiger partial charge in [0.05, 0.1) is 17.9 Å². The van der Waals surface area contributed by atoms with Crippen molar-refractivity contribution in [3.8, 4) is 5.75 Å². The molecule has 0 bridgehead atoms. The van der Waals surface area contributed by atoms with Gasteiger partial charge in [0, 0.05) is 28.9 Å². The number of carbonyl (C=O) groups excluding carboxylic acids is 2. The molecule has 0 saturated heterocycles. The third-order valence-electron chi connectivity index (χ3n) is 7.78. The van der Waals surface area contributed by atoms with E-state index in [-0.39, 0.29) is 47.5 Å². The molecule has 4 rings (SSSR count). The molecule has 10 heteroatoms. The van der Waals surface area contributed by atoms with Crippen LogP contribution in [0, 0.1) is 25.7 Å². The molecule has 1 saturated carbocycles. The lowest BCUT2D eigenvalue weighted by Gasteiger charge is -2.27. The smallest absolute Gasteiger partial charge is 0.340 e. The Morgan fingerprint density at radius 3 is 2.35 bits per heavy atom. The van der Waals surface area contributed by atoms with E-state index in [9.17, 15) is 29.4 Å². The number of hydrogen-bond donors (Lipinski definition) is 4. The van der Waals surface area contributed by atoms with Crippen LogP contribution in [0.5, 0.6) is 5.75 Å². The lowest BCUT2D eigenvalue weighted by Crippen LogP contribution is -2.49. The molecular formula is C30H33ClN2O7. The molecule has 1 fully saturated rings. The van der Waals surface area contributed by atoms with Crippen molar-refractivity contribution in [3.05, 3.63) is 74.1 Å². The molecule has 0 unspecified atom stereocenters. The minimum Gasteiger partial charge on any atom is -0.508 e. The number of halogens is 1. The summed E-state index contributed by atoms with van der Waals surface area (Å²) in [5.74, 6) is -1.82. The lowest BCUT2D eigenvalue weighted by molar-refractivity contribution is -0.143. The van der Waals surface area contributed by atoms with Gasteiger partial charge in [0.1, 0.15) is 17.4 Å². The van der Waals surface area contributed by atoms with Gasteiger partial charge in [-0.25, -0.2) is 4.79 Å². The maximum absolute atomic E-state index is 13.2. The summed E-state index contributed by atoms with van der Waals surface area (Å²) in [7, 11) is 0. The molecule has 0 aliphatic heterocycles. The molecule has 1 atom stereocenters. The third-order valence-corrected chi connectivity index (χ3v) is 8.03. The fourth-order valence-corrected chi connectivity index (χ4v) is 5.36. The highest BCUT2D eigenvalue weighted by Crippen LogP contribution is 2.29. The Hall–Kier alpha value is -3.85. The molecule has 2 aromatic carbocycles. The zero-order chi connectivity index (χ0) is 29.0. The maximum Gasteiger partial charge on any atom is 0.340 e. The van der Waals surface area contributed by atoms with Crippen LogP contribution in [0.4, 0.5) is 0 Å². The Morgan fingerprint density at radius 1 is 1.02 bits per heavy atom. The van der Waals surface area contributed by atoms with E-state index in [1.165, 1.54) is 6.07 Å². The topological polar surface area (TPSA) is 146 Å². The average Bonchev–Trinajstić information content (AvgIpc) is 2.93. The van der Waals surface area contributed by atoms with Gasteiger partial charge in [-0.1, -0.05) is 23.7 Å². The standard InChI is InChI=1S/C30H33ClN2O7/c1-16-22-11-12-25(34)17(2)27(22)40-30(39)23(16)14-26(35)33-24(13-18-5-9-21(31)10-6-18)28(36)32-15-19-3-7-20(8-4-19)29(37)38/h5-6,9-12,19-20,24,34H,3-4,7-8,13-15H2,1-2H3,(H,32,36)(H,33,35)(H,37,38)/t19?,20?,24-/m0/s1. The summed E-state index contributed by atoms with van der Waals surface area (Å²) in [6.07, 6.45) is 2.50. The van der Waals surface area contributed by atoms with E-state index in [0.717, 1.165) is 5.56 Å². The first-order valence-corrected chi connectivity index (χ1v) is 13.7. The van der Waals surface area contributed by atoms with Gasteiger partial charge in [0.2, 0.25) is 11.8 Å². The summed E-state index contributed by atoms with van der Waals surface area (Å²) in [5, 5.41) is 26.1. The first-order chi connectivity index (χ1) is 19.0. The van der Waals surface area contributed by atoms with Crippen LogP contribution in [0.15, 0.2) is 45.6 Å². The Labute approximate surface area is 236 Å². The van der Waals surface area contributed by atoms with E-state index in [1.54, 1.807) is 44.2 Å². The lowest BCUT2D eigenvalue weighted by atomic mass is 9.82. The second-order valence-electron chi connectivity index (χ2n) is 10.5. The monoisotopic (exact) mass is 568 g/mol. The maximum atomic E-state index is 13.2. The van der Waals surface area contributed by atoms with Gasteiger partial charge in [-0.3, -0.25) is 14.4 Å². The first-order valence-electron chi connectivity index (χ1n) is 13.3. The van der Waals surface area contributed by atoms with Gasteiger partial charge in [-0.15, -0.1) is 0 Å². The molecule has 1 aromatic heterocycles. The molecule has 1 aliphatic rings. The van der Waals surface area contributed by atoms with Crippen molar-refractivity contribution in [1.82, 2.24) is 10.6 Å². The number of carboxylic acid groups (broad SMARTS) is 1. The van der Waals surface area contributed by atoms with Crippen LogP contribution in [0.2, 0.25) is 5.02 Å². The van der Waals surface area contributed by atoms with Crippen LogP contribution in [-0.2, 0) is 27.2 Å². The van der Waals surface area contributed by atoms with Gasteiger partial charge in [-0.2, -0.15) is 0 Å². The number of rotatable bonds is 9. The number of aliphatic carboxylic acids is 1. The summed E-state index contributed by atoms with van der Waals surface area (Å²) in [6, 6.07) is 9.21. The highest BCUT2D eigenvalue weighted by atomic mass is 35.5. The molecule has 1 heterocycles. The number of benzene rings is 2. The second kappa shape index (κ2) is 12.6. The Morgan fingerprint density at radius 2 is 1.70 bits per heavy atom. The minimum absolute atomic E-state index is 0.00604. The first kappa shape index (κ1) is 29.1. The number of hydrogen-bond acceptors (Lipinski definition) is 6. The quantitative estimate of drug-likeness (QED) is 0.285. The van der Waals surface area contributed by atoms with Crippen LogP contribution in [0.25, 0.3) is 11.0 Å². The number of nitrogens with one attached hydrogen (secondary N) is 2. The van der Waals surface area contributed by atoms with Crippen molar-refractivity contribution in [2.75, 3.05) is 6.54 Å². The van der Waals surface area contributed by atoms with Gasteiger partial charge < -0.3 is 25.3 Å². The fourth-order valence-electron chi connectivity index (χ4n) is 5.24. The largest absolute Gasteiger partial charge is 0.508 e. The van der Waals surface area contributed by atoms with Gasteiger partial charge >= 0.3 is 11.6 Å². The fraction of sp³-hybridized carbons (Fsp3) is 0.400. The highest BCUT2D eigenvalue weighted by molar-refractivity contribution is 6.30. The predicted octanol–water partition coefficient (Wildman–Crippen LogP) is 4.05. The number of carboxylic acids is 1. The Balaban J connectivity index is 1.48. The number of carbonyl (C=O) groups is 3. The summed E-state index contributed by atoms with van der Waals surface area (Å²) in [5.41, 5.74) is 1.57. The molecule has 3 aromatic rings. The molecule has 40 heavy (non-hydrogen) atoms. The van der Waals surface area contributed by atoms with Crippen LogP contribution < -0.4 is 16.3 Å². The van der Waals surface area contributed by atoms with Crippen molar-refractivity contribution in [2.45, 2.75) is 58.4 Å². The van der Waals surface area contributed by atoms with Crippen LogP contribution in [-0.4, -0.2) is 40.6 Å². The molecule has 1 aliphatic carbocycles. The minimum atomic E-state index is -0.906. The van der Waals surface area contributed by atoms with Crippen LogP contribution in [0.3, 0.4) is 0 Å². The molecule has 0 spiro atoms. The summed E-state index contributed by atoms with van der Waals surface area (Å²) < 4.78 is 5.45. The number of amides is 2. The van der Waals surface area contributed by atoms with E-state index >= 15 is 0 Å². The van der Waals surface area contributed by atoms with Crippen molar-refractivity contribution < 1.29 is 29.0 Å². The number of fused-ring (bicyclic) bond motifs is 1. The molecule has 0 radical (unpaired) electrons. The van der Waals surface area contributed by atoms with Gasteiger partial charge in [-0.05, 0) is 80.8 Å². The van der Waals surface area contributed by atoms with Gasteiger partial charge in [0.25, 0.3) is 0 Å². The summed E-state index contributed by atoms with van der Waals surface area (Å²) in [6.45, 7) is 3.75. The number of aryl methyl sites for hydroxylation is 2. The van der Waals surface area contributed by atoms with E-state index in [2.05, 4.69) is 10.6 Å². The van der Waals surface area contributed by atoms with Crippen molar-refractivity contribution in [3.63, 3.8) is 0 Å². The molecule has 2 amide bonds. The SMILES string of the molecule is Cc1c(CC(=O)N[C@@H](Cc2ccc(Cl)cc2)C(=O)NCC2CCC(C(=O)O)CC2)c(=O)oc2c(C)c(O)ccc12. The summed E-state index contributed by atoms with van der Waals surface area (Å²) >= 11 is 6.00. The predicted molar refractivity (Wildman–Crippen MR) is 151 cm³/mol. The van der Waals surface area contributed by atoms with Crippen molar-refractivity contribution in [2.24, 2.45) is 11.8 Å².